The van der Waals surface area contributed by atoms with Gasteiger partial charge in [0.1, 0.15) is 16.5 Å². The zero-order valence-electron chi connectivity index (χ0n) is 17.1. The molecule has 0 fully saturated rings. The number of nitrogens with two attached hydrogens (primary N) is 1. The van der Waals surface area contributed by atoms with Crippen LogP contribution in [0.2, 0.25) is 0 Å². The molecule has 0 saturated heterocycles. The van der Waals surface area contributed by atoms with E-state index in [1.54, 1.807) is 25.6 Å². The SMILES string of the molecule is COc1ccc2sc(CN=C(N)/N=C(\C=N)c3c(OC)ccc4ccccc34)nc2c1. The van der Waals surface area contributed by atoms with Crippen LogP contribution in [0.5, 0.6) is 11.5 Å². The van der Waals surface area contributed by atoms with E-state index in [1.807, 2.05) is 54.6 Å². The molecule has 7 nitrogen and oxygen atoms in total. The highest BCUT2D eigenvalue weighted by atomic mass is 32.1. The van der Waals surface area contributed by atoms with Crippen LogP contribution in [-0.4, -0.2) is 37.1 Å². The maximum absolute atomic E-state index is 7.90. The lowest BCUT2D eigenvalue weighted by atomic mass is 10.00. The standard InChI is InChI=1S/C23H21N5O2S/c1-29-15-8-10-20-17(11-15)27-21(31-20)13-26-23(25)28-18(12-24)22-16-6-4-3-5-14(16)7-9-19(22)30-2/h3-12,24H,13H2,1-2H3,(H2,25,26)/b24-12?,28-18+. The first-order valence-electron chi connectivity index (χ1n) is 9.51. The molecule has 0 aliphatic heterocycles. The molecule has 156 valence electrons. The minimum atomic E-state index is 0.0744. The maximum atomic E-state index is 7.90. The Morgan fingerprint density at radius 3 is 2.74 bits per heavy atom. The summed E-state index contributed by atoms with van der Waals surface area (Å²) < 4.78 is 11.8. The van der Waals surface area contributed by atoms with Crippen molar-refractivity contribution >= 4 is 50.2 Å². The van der Waals surface area contributed by atoms with Crippen molar-refractivity contribution in [3.8, 4) is 11.5 Å². The highest BCUT2D eigenvalue weighted by molar-refractivity contribution is 7.18. The Balaban J connectivity index is 1.66. The zero-order valence-corrected chi connectivity index (χ0v) is 17.9. The Morgan fingerprint density at radius 2 is 1.97 bits per heavy atom. The molecular formula is C23H21N5O2S. The van der Waals surface area contributed by atoms with Gasteiger partial charge in [-0.05, 0) is 29.0 Å². The van der Waals surface area contributed by atoms with Gasteiger partial charge >= 0.3 is 0 Å². The van der Waals surface area contributed by atoms with Gasteiger partial charge < -0.3 is 20.6 Å². The number of ether oxygens (including phenoxy) is 2. The number of aliphatic imine (C=N–C) groups is 2. The normalized spacial score (nSPS) is 12.3. The van der Waals surface area contributed by atoms with E-state index in [-0.39, 0.29) is 5.96 Å². The number of rotatable bonds is 6. The maximum Gasteiger partial charge on any atom is 0.216 e. The van der Waals surface area contributed by atoms with Gasteiger partial charge in [0.05, 0.1) is 42.3 Å². The molecule has 0 aliphatic carbocycles. The number of aromatic nitrogens is 1. The monoisotopic (exact) mass is 431 g/mol. The highest BCUT2D eigenvalue weighted by Gasteiger charge is 2.13. The van der Waals surface area contributed by atoms with E-state index in [0.29, 0.717) is 23.6 Å². The molecule has 0 spiro atoms. The van der Waals surface area contributed by atoms with Crippen molar-refractivity contribution in [3.63, 3.8) is 0 Å². The molecule has 0 atom stereocenters. The summed E-state index contributed by atoms with van der Waals surface area (Å²) in [6.07, 6.45) is 1.16. The molecule has 3 aromatic carbocycles. The average molecular weight is 432 g/mol. The van der Waals surface area contributed by atoms with Gasteiger partial charge in [0.2, 0.25) is 5.96 Å². The largest absolute Gasteiger partial charge is 0.497 e. The first-order chi connectivity index (χ1) is 15.1. The minimum absolute atomic E-state index is 0.0744. The number of methoxy groups -OCH3 is 2. The third-order valence-corrected chi connectivity index (χ3v) is 5.78. The van der Waals surface area contributed by atoms with Crippen molar-refractivity contribution in [2.45, 2.75) is 6.54 Å². The predicted molar refractivity (Wildman–Crippen MR) is 127 cm³/mol. The van der Waals surface area contributed by atoms with Crippen LogP contribution in [0.1, 0.15) is 10.6 Å². The Labute approximate surface area is 183 Å². The summed E-state index contributed by atoms with van der Waals surface area (Å²) in [4.78, 5) is 13.3. The fourth-order valence-electron chi connectivity index (χ4n) is 3.30. The molecule has 4 aromatic rings. The second kappa shape index (κ2) is 8.93. The van der Waals surface area contributed by atoms with Gasteiger partial charge in [-0.25, -0.2) is 15.0 Å². The van der Waals surface area contributed by atoms with Gasteiger partial charge in [0.15, 0.2) is 0 Å². The van der Waals surface area contributed by atoms with E-state index in [4.69, 9.17) is 20.6 Å². The smallest absolute Gasteiger partial charge is 0.216 e. The van der Waals surface area contributed by atoms with Crippen LogP contribution in [0.3, 0.4) is 0 Å². The molecule has 0 unspecified atom stereocenters. The van der Waals surface area contributed by atoms with Crippen LogP contribution in [0.15, 0.2) is 64.6 Å². The lowest BCUT2D eigenvalue weighted by Gasteiger charge is -2.11. The Hall–Kier alpha value is -3.78. The Bertz CT molecular complexity index is 1330. The van der Waals surface area contributed by atoms with Gasteiger partial charge in [-0.1, -0.05) is 30.3 Å². The van der Waals surface area contributed by atoms with E-state index in [1.165, 1.54) is 0 Å². The van der Waals surface area contributed by atoms with E-state index < -0.39 is 0 Å². The van der Waals surface area contributed by atoms with Crippen molar-refractivity contribution in [1.82, 2.24) is 4.98 Å². The third-order valence-electron chi connectivity index (χ3n) is 4.75. The molecule has 0 radical (unpaired) electrons. The Kier molecular flexibility index (Phi) is 5.90. The van der Waals surface area contributed by atoms with E-state index >= 15 is 0 Å². The molecule has 31 heavy (non-hydrogen) atoms. The number of nitrogens with one attached hydrogen (secondary N) is 1. The van der Waals surface area contributed by atoms with E-state index in [2.05, 4.69) is 15.0 Å². The van der Waals surface area contributed by atoms with Crippen LogP contribution in [0, 0.1) is 5.41 Å². The summed E-state index contributed by atoms with van der Waals surface area (Å²) in [5, 5.41) is 10.7. The quantitative estimate of drug-likeness (QED) is 0.348. The van der Waals surface area contributed by atoms with Gasteiger partial charge in [0, 0.05) is 12.3 Å². The van der Waals surface area contributed by atoms with Gasteiger partial charge in [0.25, 0.3) is 0 Å². The summed E-state index contributed by atoms with van der Waals surface area (Å²) in [5.41, 5.74) is 8.03. The number of hydrogen-bond donors (Lipinski definition) is 2. The van der Waals surface area contributed by atoms with Crippen LogP contribution >= 0.6 is 11.3 Å². The highest BCUT2D eigenvalue weighted by Crippen LogP contribution is 2.29. The molecule has 8 heteroatoms. The van der Waals surface area contributed by atoms with Crippen molar-refractivity contribution in [3.05, 3.63) is 65.2 Å². The van der Waals surface area contributed by atoms with E-state index in [0.717, 1.165) is 38.0 Å². The third kappa shape index (κ3) is 4.24. The first kappa shape index (κ1) is 20.5. The molecule has 1 heterocycles. The van der Waals surface area contributed by atoms with Gasteiger partial charge in [-0.15, -0.1) is 11.3 Å². The molecule has 4 rings (SSSR count). The van der Waals surface area contributed by atoms with Crippen LogP contribution in [0.4, 0.5) is 0 Å². The van der Waals surface area contributed by atoms with Gasteiger partial charge in [-0.3, -0.25) is 0 Å². The van der Waals surface area contributed by atoms with Crippen LogP contribution in [-0.2, 0) is 6.54 Å². The average Bonchev–Trinajstić information content (AvgIpc) is 3.22. The number of hydrogen-bond acceptors (Lipinski definition) is 6. The number of guanidine groups is 1. The number of nitrogens with zero attached hydrogens (tertiary/aromatic N) is 3. The lowest BCUT2D eigenvalue weighted by molar-refractivity contribution is 0.414. The van der Waals surface area contributed by atoms with Crippen LogP contribution < -0.4 is 15.2 Å². The zero-order chi connectivity index (χ0) is 21.8. The second-order valence-electron chi connectivity index (χ2n) is 6.62. The molecular weight excluding hydrogens is 410 g/mol. The molecule has 0 bridgehead atoms. The fraction of sp³-hybridized carbons (Fsp3) is 0.130. The second-order valence-corrected chi connectivity index (χ2v) is 7.74. The molecule has 3 N–H and O–H groups in total. The molecule has 1 aromatic heterocycles. The van der Waals surface area contributed by atoms with E-state index in [9.17, 15) is 0 Å². The van der Waals surface area contributed by atoms with Crippen molar-refractivity contribution in [2.24, 2.45) is 15.7 Å². The summed E-state index contributed by atoms with van der Waals surface area (Å²) >= 11 is 1.54. The summed E-state index contributed by atoms with van der Waals surface area (Å²) in [5.74, 6) is 1.45. The van der Waals surface area contributed by atoms with Gasteiger partial charge in [-0.2, -0.15) is 0 Å². The van der Waals surface area contributed by atoms with Crippen molar-refractivity contribution in [2.75, 3.05) is 14.2 Å². The molecule has 0 aliphatic rings. The number of thiazole rings is 1. The number of fused-ring (bicyclic) bond motifs is 2. The topological polar surface area (TPSA) is 106 Å². The summed E-state index contributed by atoms with van der Waals surface area (Å²) in [6.45, 7) is 0.301. The fourth-order valence-corrected chi connectivity index (χ4v) is 4.18. The van der Waals surface area contributed by atoms with Crippen molar-refractivity contribution < 1.29 is 9.47 Å². The van der Waals surface area contributed by atoms with Crippen molar-refractivity contribution in [1.29, 1.82) is 5.41 Å². The Morgan fingerprint density at radius 1 is 1.13 bits per heavy atom. The summed E-state index contributed by atoms with van der Waals surface area (Å²) in [6, 6.07) is 17.5. The lowest BCUT2D eigenvalue weighted by Crippen LogP contribution is -2.15. The molecule has 0 saturated carbocycles. The predicted octanol–water partition coefficient (Wildman–Crippen LogP) is 4.42. The number of benzene rings is 3. The first-order valence-corrected chi connectivity index (χ1v) is 10.3. The molecule has 0 amide bonds. The summed E-state index contributed by atoms with van der Waals surface area (Å²) in [7, 11) is 3.22. The van der Waals surface area contributed by atoms with Crippen LogP contribution in [0.25, 0.3) is 21.0 Å². The minimum Gasteiger partial charge on any atom is -0.497 e.